The zero-order valence-electron chi connectivity index (χ0n) is 15.5. The molecule has 1 heterocycles. The molecule has 0 aromatic rings. The van der Waals surface area contributed by atoms with Crippen molar-refractivity contribution in [2.24, 2.45) is 0 Å². The van der Waals surface area contributed by atoms with Gasteiger partial charge >= 0.3 is 6.03 Å². The summed E-state index contributed by atoms with van der Waals surface area (Å²) in [6, 6.07) is 0.593. The Hall–Kier alpha value is -0.420. The lowest BCUT2D eigenvalue weighted by Gasteiger charge is -2.46. The third kappa shape index (κ3) is 5.86. The number of nitrogens with one attached hydrogen (secondary N) is 3. The molecule has 2 rings (SSSR count). The van der Waals surface area contributed by atoms with E-state index in [1.54, 1.807) is 0 Å². The predicted octanol–water partition coefficient (Wildman–Crippen LogP) is 3.66. The van der Waals surface area contributed by atoms with Crippen molar-refractivity contribution in [3.8, 4) is 0 Å². The molecule has 4 nitrogen and oxygen atoms in total. The molecule has 1 aliphatic heterocycles. The number of hydrogen-bond donors (Lipinski definition) is 3. The van der Waals surface area contributed by atoms with Crippen molar-refractivity contribution >= 4 is 17.8 Å². The Morgan fingerprint density at radius 2 is 1.70 bits per heavy atom. The smallest absolute Gasteiger partial charge is 0.315 e. The van der Waals surface area contributed by atoms with Gasteiger partial charge in [-0.05, 0) is 59.1 Å². The number of amides is 2. The number of hydrogen-bond acceptors (Lipinski definition) is 3. The van der Waals surface area contributed by atoms with Crippen LogP contribution in [0.15, 0.2) is 0 Å². The van der Waals surface area contributed by atoms with Gasteiger partial charge in [0.2, 0.25) is 0 Å². The van der Waals surface area contributed by atoms with Crippen LogP contribution in [0.25, 0.3) is 0 Å². The van der Waals surface area contributed by atoms with Gasteiger partial charge in [0.05, 0.1) is 0 Å². The van der Waals surface area contributed by atoms with Crippen molar-refractivity contribution in [1.82, 2.24) is 16.0 Å². The van der Waals surface area contributed by atoms with Gasteiger partial charge in [-0.3, -0.25) is 0 Å². The lowest BCUT2D eigenvalue weighted by Crippen LogP contribution is -2.63. The van der Waals surface area contributed by atoms with Crippen LogP contribution in [0.1, 0.15) is 73.1 Å². The van der Waals surface area contributed by atoms with Crippen molar-refractivity contribution in [2.75, 3.05) is 5.75 Å². The lowest BCUT2D eigenvalue weighted by atomic mass is 9.80. The number of urea groups is 1. The average Bonchev–Trinajstić information content (AvgIpc) is 2.37. The second kappa shape index (κ2) is 7.64. The summed E-state index contributed by atoms with van der Waals surface area (Å²) in [4.78, 5) is 12.5. The van der Waals surface area contributed by atoms with Gasteiger partial charge in [-0.15, -0.1) is 0 Å². The predicted molar refractivity (Wildman–Crippen MR) is 100 cm³/mol. The molecule has 0 bridgehead atoms. The van der Waals surface area contributed by atoms with E-state index in [9.17, 15) is 4.79 Å². The van der Waals surface area contributed by atoms with Gasteiger partial charge in [0, 0.05) is 28.4 Å². The summed E-state index contributed by atoms with van der Waals surface area (Å²) in [5, 5.41) is 10.8. The summed E-state index contributed by atoms with van der Waals surface area (Å²) in [7, 11) is 0. The molecule has 2 atom stereocenters. The molecular formula is C18H35N3OS. The maximum Gasteiger partial charge on any atom is 0.315 e. The maximum atomic E-state index is 12.5. The van der Waals surface area contributed by atoms with Crippen molar-refractivity contribution in [3.63, 3.8) is 0 Å². The van der Waals surface area contributed by atoms with Gasteiger partial charge < -0.3 is 16.0 Å². The van der Waals surface area contributed by atoms with E-state index >= 15 is 0 Å². The summed E-state index contributed by atoms with van der Waals surface area (Å²) in [5.41, 5.74) is 0.121. The number of rotatable bonds is 4. The minimum atomic E-state index is 0.0251. The van der Waals surface area contributed by atoms with Crippen molar-refractivity contribution in [3.05, 3.63) is 0 Å². The first-order chi connectivity index (χ1) is 10.7. The first-order valence-electron chi connectivity index (χ1n) is 9.19. The van der Waals surface area contributed by atoms with Gasteiger partial charge in [0.1, 0.15) is 0 Å². The van der Waals surface area contributed by atoms with E-state index in [2.05, 4.69) is 50.6 Å². The number of carbonyl (C=O) groups excluding carboxylic acids is 1. The van der Waals surface area contributed by atoms with Crippen LogP contribution in [0.5, 0.6) is 0 Å². The Morgan fingerprint density at radius 3 is 2.30 bits per heavy atom. The van der Waals surface area contributed by atoms with E-state index < -0.39 is 0 Å². The molecule has 0 aromatic carbocycles. The highest BCUT2D eigenvalue weighted by Gasteiger charge is 2.38. The molecule has 0 spiro atoms. The van der Waals surface area contributed by atoms with Crippen molar-refractivity contribution in [1.29, 1.82) is 0 Å². The third-order valence-corrected chi connectivity index (χ3v) is 6.25. The minimum absolute atomic E-state index is 0.0251. The molecule has 2 amide bonds. The van der Waals surface area contributed by atoms with Crippen LogP contribution in [0, 0.1) is 0 Å². The zero-order chi connectivity index (χ0) is 17.1. The van der Waals surface area contributed by atoms with E-state index in [0.717, 1.165) is 25.0 Å². The average molecular weight is 342 g/mol. The van der Waals surface area contributed by atoms with Crippen LogP contribution in [0.3, 0.4) is 0 Å². The van der Waals surface area contributed by atoms with Crippen LogP contribution in [0.4, 0.5) is 4.79 Å². The van der Waals surface area contributed by atoms with Crippen LogP contribution in [-0.2, 0) is 0 Å². The lowest BCUT2D eigenvalue weighted by molar-refractivity contribution is 0.146. The third-order valence-electron chi connectivity index (χ3n) is 4.93. The quantitative estimate of drug-likeness (QED) is 0.731. The van der Waals surface area contributed by atoms with E-state index in [1.165, 1.54) is 19.3 Å². The molecule has 1 saturated carbocycles. The first-order valence-corrected chi connectivity index (χ1v) is 10.2. The molecule has 2 aliphatic rings. The van der Waals surface area contributed by atoms with Gasteiger partial charge in [-0.25, -0.2) is 4.79 Å². The zero-order valence-corrected chi connectivity index (χ0v) is 16.3. The molecule has 1 saturated heterocycles. The van der Waals surface area contributed by atoms with Gasteiger partial charge in [-0.2, -0.15) is 11.8 Å². The second-order valence-electron chi connectivity index (χ2n) is 8.50. The highest BCUT2D eigenvalue weighted by Crippen LogP contribution is 2.30. The number of piperidine rings is 1. The Kier molecular flexibility index (Phi) is 6.28. The van der Waals surface area contributed by atoms with Gasteiger partial charge in [0.15, 0.2) is 0 Å². The molecule has 23 heavy (non-hydrogen) atoms. The Morgan fingerprint density at radius 1 is 1.09 bits per heavy atom. The summed E-state index contributed by atoms with van der Waals surface area (Å²) in [6.07, 6.45) is 6.84. The van der Waals surface area contributed by atoms with E-state index in [4.69, 9.17) is 0 Å². The molecule has 0 unspecified atom stereocenters. The maximum absolute atomic E-state index is 12.5. The van der Waals surface area contributed by atoms with Crippen LogP contribution in [0.2, 0.25) is 0 Å². The molecule has 0 aromatic heterocycles. The monoisotopic (exact) mass is 341 g/mol. The van der Waals surface area contributed by atoms with E-state index in [-0.39, 0.29) is 23.2 Å². The van der Waals surface area contributed by atoms with Gasteiger partial charge in [0.25, 0.3) is 0 Å². The fourth-order valence-corrected chi connectivity index (χ4v) is 5.69. The summed E-state index contributed by atoms with van der Waals surface area (Å²) in [5.74, 6) is 1.13. The SMILES string of the molecule is CCS[C@H]1CCCC[C@@H]1NC(=O)NC1CC(C)(C)NC(C)(C)C1. The second-order valence-corrected chi connectivity index (χ2v) is 10.0. The summed E-state index contributed by atoms with van der Waals surface area (Å²) >= 11 is 2.00. The molecule has 134 valence electrons. The molecule has 2 fully saturated rings. The van der Waals surface area contributed by atoms with Crippen molar-refractivity contribution in [2.45, 2.75) is 102 Å². The summed E-state index contributed by atoms with van der Waals surface area (Å²) in [6.45, 7) is 11.1. The fourth-order valence-electron chi connectivity index (χ4n) is 4.50. The first kappa shape index (κ1) is 18.9. The Labute approximate surface area is 146 Å². The van der Waals surface area contributed by atoms with E-state index in [1.807, 2.05) is 11.8 Å². The summed E-state index contributed by atoms with van der Waals surface area (Å²) < 4.78 is 0. The van der Waals surface area contributed by atoms with Crippen LogP contribution < -0.4 is 16.0 Å². The van der Waals surface area contributed by atoms with Gasteiger partial charge in [-0.1, -0.05) is 19.8 Å². The standard InChI is InChI=1S/C18H35N3OS/c1-6-23-15-10-8-7-9-14(15)20-16(22)19-13-11-17(2,3)21-18(4,5)12-13/h13-15,21H,6-12H2,1-5H3,(H2,19,20,22)/t14-,15-/m0/s1. The molecule has 5 heteroatoms. The fraction of sp³-hybridized carbons (Fsp3) is 0.944. The highest BCUT2D eigenvalue weighted by molar-refractivity contribution is 7.99. The normalized spacial score (nSPS) is 30.7. The molecule has 1 aliphatic carbocycles. The Balaban J connectivity index is 1.88. The molecule has 3 N–H and O–H groups in total. The topological polar surface area (TPSA) is 53.2 Å². The Bertz CT molecular complexity index is 393. The number of carbonyl (C=O) groups is 1. The minimum Gasteiger partial charge on any atom is -0.335 e. The van der Waals surface area contributed by atoms with E-state index in [0.29, 0.717) is 11.3 Å². The molecular weight excluding hydrogens is 306 g/mol. The van der Waals surface area contributed by atoms with Crippen LogP contribution in [-0.4, -0.2) is 40.2 Å². The van der Waals surface area contributed by atoms with Crippen LogP contribution >= 0.6 is 11.8 Å². The highest BCUT2D eigenvalue weighted by atomic mass is 32.2. The number of thioether (sulfide) groups is 1. The van der Waals surface area contributed by atoms with Crippen molar-refractivity contribution < 1.29 is 4.79 Å². The molecule has 0 radical (unpaired) electrons. The largest absolute Gasteiger partial charge is 0.335 e.